The number of aromatic amines is 1. The highest BCUT2D eigenvalue weighted by Gasteiger charge is 2.24. The molecule has 1 fully saturated rings. The van der Waals surface area contributed by atoms with Gasteiger partial charge in [-0.05, 0) is 51.0 Å². The minimum Gasteiger partial charge on any atom is -0.508 e. The van der Waals surface area contributed by atoms with Crippen molar-refractivity contribution in [1.82, 2.24) is 19.9 Å². The second kappa shape index (κ2) is 7.71. The van der Waals surface area contributed by atoms with Gasteiger partial charge in [-0.15, -0.1) is 0 Å². The number of nitrogens with two attached hydrogens (primary N) is 1. The first kappa shape index (κ1) is 19.2. The number of phenolic OH excluding ortho intramolecular Hbond substituents is 1. The Balaban J connectivity index is 1.59. The Hall–Kier alpha value is -3.13. The van der Waals surface area contributed by atoms with Gasteiger partial charge in [-0.1, -0.05) is 0 Å². The molecule has 0 spiro atoms. The lowest BCUT2D eigenvalue weighted by molar-refractivity contribution is 0.177. The topological polar surface area (TPSA) is 127 Å². The Morgan fingerprint density at radius 3 is 2.76 bits per heavy atom. The van der Waals surface area contributed by atoms with Gasteiger partial charge < -0.3 is 26.0 Å². The zero-order chi connectivity index (χ0) is 20.5. The fourth-order valence-corrected chi connectivity index (χ4v) is 3.90. The molecule has 4 rings (SSSR count). The highest BCUT2D eigenvalue weighted by atomic mass is 16.3. The molecular formula is C21H27N7O. The molecule has 2 aromatic heterocycles. The number of fused-ring (bicyclic) bond motifs is 1. The first-order valence-electron chi connectivity index (χ1n) is 9.94. The van der Waals surface area contributed by atoms with Crippen molar-refractivity contribution >= 4 is 28.3 Å². The zero-order valence-electron chi connectivity index (χ0n) is 16.7. The molecule has 3 aromatic rings. The molecule has 1 aliphatic rings. The largest absolute Gasteiger partial charge is 0.508 e. The monoisotopic (exact) mass is 393 g/mol. The van der Waals surface area contributed by atoms with Crippen molar-refractivity contribution in [3.05, 3.63) is 41.9 Å². The van der Waals surface area contributed by atoms with Crippen LogP contribution in [0.4, 0.5) is 11.6 Å². The van der Waals surface area contributed by atoms with E-state index in [1.807, 2.05) is 6.07 Å². The summed E-state index contributed by atoms with van der Waals surface area (Å²) in [5, 5.41) is 22.8. The van der Waals surface area contributed by atoms with Crippen LogP contribution in [0.5, 0.6) is 5.75 Å². The maximum atomic E-state index is 9.70. The molecule has 3 heterocycles. The maximum absolute atomic E-state index is 9.70. The first-order valence-corrected chi connectivity index (χ1v) is 9.94. The lowest BCUT2D eigenvalue weighted by Gasteiger charge is -2.35. The molecule has 29 heavy (non-hydrogen) atoms. The van der Waals surface area contributed by atoms with E-state index in [1.165, 1.54) is 6.33 Å². The van der Waals surface area contributed by atoms with Gasteiger partial charge in [0.05, 0.1) is 17.0 Å². The average molecular weight is 393 g/mol. The number of nitrogen functional groups attached to an aromatic ring is 1. The Morgan fingerprint density at radius 1 is 1.28 bits per heavy atom. The van der Waals surface area contributed by atoms with E-state index in [4.69, 9.17) is 11.1 Å². The standard InChI is InChI=1S/C21H27N7O/c1-12(2)28-7-5-14(6-8-28)26-21-18(20(23)24-11-25-21)19(22)17-10-13-9-15(29)3-4-16(13)27-17/h3-4,9-12,14,22,27,29H,5-8H2,1-2H3,(H3,23,24,25,26). The number of H-pyrrole nitrogens is 1. The normalized spacial score (nSPS) is 15.8. The number of rotatable bonds is 5. The highest BCUT2D eigenvalue weighted by Crippen LogP contribution is 2.27. The van der Waals surface area contributed by atoms with Crippen molar-refractivity contribution in [2.45, 2.75) is 38.8 Å². The lowest BCUT2D eigenvalue weighted by atomic mass is 10.0. The van der Waals surface area contributed by atoms with E-state index >= 15 is 0 Å². The summed E-state index contributed by atoms with van der Waals surface area (Å²) in [5.74, 6) is 1.05. The SMILES string of the molecule is CC(C)N1CCC(Nc2ncnc(N)c2C(=N)c2cc3cc(O)ccc3[nH]2)CC1. The van der Waals surface area contributed by atoms with Crippen LogP contribution in [0.3, 0.4) is 0 Å². The Bertz CT molecular complexity index is 1030. The van der Waals surface area contributed by atoms with Crippen LogP contribution in [0, 0.1) is 5.41 Å². The third kappa shape index (κ3) is 3.88. The molecule has 152 valence electrons. The number of benzene rings is 1. The van der Waals surface area contributed by atoms with Gasteiger partial charge in [0.15, 0.2) is 0 Å². The van der Waals surface area contributed by atoms with Crippen molar-refractivity contribution in [2.24, 2.45) is 0 Å². The molecule has 0 aliphatic carbocycles. The Morgan fingerprint density at radius 2 is 2.03 bits per heavy atom. The van der Waals surface area contributed by atoms with Gasteiger partial charge in [0, 0.05) is 36.1 Å². The van der Waals surface area contributed by atoms with Crippen LogP contribution in [-0.4, -0.2) is 55.8 Å². The van der Waals surface area contributed by atoms with E-state index < -0.39 is 0 Å². The van der Waals surface area contributed by atoms with Gasteiger partial charge in [0.2, 0.25) is 0 Å². The Labute approximate surface area is 169 Å². The van der Waals surface area contributed by atoms with Crippen molar-refractivity contribution in [3.8, 4) is 5.75 Å². The zero-order valence-corrected chi connectivity index (χ0v) is 16.7. The number of nitrogens with one attached hydrogen (secondary N) is 3. The van der Waals surface area contributed by atoms with E-state index in [-0.39, 0.29) is 23.3 Å². The predicted molar refractivity (Wildman–Crippen MR) is 116 cm³/mol. The van der Waals surface area contributed by atoms with E-state index in [0.717, 1.165) is 36.8 Å². The average Bonchev–Trinajstić information content (AvgIpc) is 3.11. The van der Waals surface area contributed by atoms with Crippen LogP contribution < -0.4 is 11.1 Å². The summed E-state index contributed by atoms with van der Waals surface area (Å²) in [6.45, 7) is 6.51. The molecule has 0 unspecified atom stereocenters. The van der Waals surface area contributed by atoms with Crippen molar-refractivity contribution < 1.29 is 5.11 Å². The third-order valence-electron chi connectivity index (χ3n) is 5.60. The van der Waals surface area contributed by atoms with E-state index in [9.17, 15) is 5.11 Å². The van der Waals surface area contributed by atoms with Gasteiger partial charge in [-0.3, -0.25) is 5.41 Å². The lowest BCUT2D eigenvalue weighted by Crippen LogP contribution is -2.42. The minimum atomic E-state index is 0.187. The summed E-state index contributed by atoms with van der Waals surface area (Å²) in [6.07, 6.45) is 3.46. The molecule has 1 aromatic carbocycles. The summed E-state index contributed by atoms with van der Waals surface area (Å²) >= 11 is 0. The van der Waals surface area contributed by atoms with Gasteiger partial charge in [0.25, 0.3) is 0 Å². The summed E-state index contributed by atoms with van der Waals surface area (Å²) in [4.78, 5) is 14.2. The molecule has 0 saturated carbocycles. The maximum Gasteiger partial charge on any atom is 0.141 e. The van der Waals surface area contributed by atoms with Crippen LogP contribution in [0.1, 0.15) is 37.9 Å². The Kier molecular flexibility index (Phi) is 5.10. The van der Waals surface area contributed by atoms with E-state index in [0.29, 0.717) is 23.1 Å². The summed E-state index contributed by atoms with van der Waals surface area (Å²) in [7, 11) is 0. The fourth-order valence-electron chi connectivity index (χ4n) is 3.90. The fraction of sp³-hybridized carbons (Fsp3) is 0.381. The second-order valence-corrected chi connectivity index (χ2v) is 7.86. The number of likely N-dealkylation sites (tertiary alicyclic amines) is 1. The van der Waals surface area contributed by atoms with Crippen molar-refractivity contribution in [1.29, 1.82) is 5.41 Å². The molecule has 8 nitrogen and oxygen atoms in total. The van der Waals surface area contributed by atoms with Gasteiger partial charge in [-0.25, -0.2) is 9.97 Å². The van der Waals surface area contributed by atoms with Crippen LogP contribution in [0.15, 0.2) is 30.6 Å². The minimum absolute atomic E-state index is 0.187. The van der Waals surface area contributed by atoms with Gasteiger partial charge in [-0.2, -0.15) is 0 Å². The smallest absolute Gasteiger partial charge is 0.141 e. The van der Waals surface area contributed by atoms with E-state index in [2.05, 4.69) is 39.0 Å². The van der Waals surface area contributed by atoms with Crippen molar-refractivity contribution in [2.75, 3.05) is 24.1 Å². The third-order valence-corrected chi connectivity index (χ3v) is 5.60. The number of piperidine rings is 1. The molecular weight excluding hydrogens is 366 g/mol. The first-order chi connectivity index (χ1) is 13.9. The molecule has 8 heteroatoms. The molecule has 0 amide bonds. The number of hydrogen-bond donors (Lipinski definition) is 5. The van der Waals surface area contributed by atoms with E-state index in [1.54, 1.807) is 18.2 Å². The summed E-state index contributed by atoms with van der Waals surface area (Å²) < 4.78 is 0. The van der Waals surface area contributed by atoms with Crippen LogP contribution >= 0.6 is 0 Å². The second-order valence-electron chi connectivity index (χ2n) is 7.86. The van der Waals surface area contributed by atoms with Gasteiger partial charge in [0.1, 0.15) is 23.7 Å². The summed E-state index contributed by atoms with van der Waals surface area (Å²) in [5.41, 5.74) is 8.31. The molecule has 1 aliphatic heterocycles. The van der Waals surface area contributed by atoms with Gasteiger partial charge >= 0.3 is 0 Å². The molecule has 0 bridgehead atoms. The number of phenols is 1. The number of hydrogen-bond acceptors (Lipinski definition) is 7. The van der Waals surface area contributed by atoms with Crippen LogP contribution in [0.25, 0.3) is 10.9 Å². The molecule has 0 radical (unpaired) electrons. The van der Waals surface area contributed by atoms with Crippen LogP contribution in [0.2, 0.25) is 0 Å². The number of aromatic nitrogens is 3. The summed E-state index contributed by atoms with van der Waals surface area (Å²) in [6, 6.07) is 7.72. The predicted octanol–water partition coefficient (Wildman–Crippen LogP) is 2.95. The van der Waals surface area contributed by atoms with Crippen LogP contribution in [-0.2, 0) is 0 Å². The van der Waals surface area contributed by atoms with Crippen molar-refractivity contribution in [3.63, 3.8) is 0 Å². The number of nitrogens with zero attached hydrogens (tertiary/aromatic N) is 3. The number of anilines is 2. The molecule has 0 atom stereocenters. The molecule has 1 saturated heterocycles. The highest BCUT2D eigenvalue weighted by molar-refractivity contribution is 6.16. The quantitative estimate of drug-likeness (QED) is 0.424. The molecule has 6 N–H and O–H groups in total. The number of aromatic hydroxyl groups is 1.